The summed E-state index contributed by atoms with van der Waals surface area (Å²) < 4.78 is 30.2. The molecular formula is C8H8F2N2O2. The van der Waals surface area contributed by atoms with Crippen molar-refractivity contribution in [2.24, 2.45) is 5.73 Å². The summed E-state index contributed by atoms with van der Waals surface area (Å²) in [4.78, 5) is 10.3. The summed E-state index contributed by atoms with van der Waals surface area (Å²) in [5.74, 6) is -2.87. The quantitative estimate of drug-likeness (QED) is 0.697. The van der Waals surface area contributed by atoms with Crippen molar-refractivity contribution < 1.29 is 18.3 Å². The summed E-state index contributed by atoms with van der Waals surface area (Å²) in [6.45, 7) is -0.484. The molecule has 0 saturated heterocycles. The van der Waals surface area contributed by atoms with Gasteiger partial charge in [-0.2, -0.15) is 0 Å². The summed E-state index contributed by atoms with van der Waals surface area (Å²) in [5, 5.41) is 0. The van der Waals surface area contributed by atoms with E-state index in [4.69, 9.17) is 11.5 Å². The average molecular weight is 202 g/mol. The number of nitrogens with two attached hydrogens (primary N) is 2. The first-order valence-electron chi connectivity index (χ1n) is 3.66. The molecule has 1 amide bonds. The zero-order valence-electron chi connectivity index (χ0n) is 7.09. The van der Waals surface area contributed by atoms with E-state index >= 15 is 0 Å². The molecule has 1 aromatic rings. The first-order chi connectivity index (χ1) is 6.50. The standard InChI is InChI=1S/C8H8F2N2O2/c9-4-1-5(10)7(2-6(4)11)14-3-8(12)13/h1-2H,3,11H2,(H2,12,13). The molecule has 0 spiro atoms. The van der Waals surface area contributed by atoms with E-state index in [1.54, 1.807) is 0 Å². The van der Waals surface area contributed by atoms with E-state index in [2.05, 4.69) is 4.74 Å². The van der Waals surface area contributed by atoms with Crippen LogP contribution in [0.15, 0.2) is 12.1 Å². The number of benzene rings is 1. The number of hydrogen-bond acceptors (Lipinski definition) is 3. The Bertz CT molecular complexity index is 369. The van der Waals surface area contributed by atoms with Gasteiger partial charge in [-0.25, -0.2) is 8.78 Å². The molecule has 0 aliphatic heterocycles. The van der Waals surface area contributed by atoms with Crippen LogP contribution in [0.3, 0.4) is 0 Å². The van der Waals surface area contributed by atoms with Crippen LogP contribution in [0.1, 0.15) is 0 Å². The highest BCUT2D eigenvalue weighted by Gasteiger charge is 2.09. The summed E-state index contributed by atoms with van der Waals surface area (Å²) in [7, 11) is 0. The minimum Gasteiger partial charge on any atom is -0.481 e. The molecule has 1 aromatic carbocycles. The van der Waals surface area contributed by atoms with Crippen LogP contribution in [0.25, 0.3) is 0 Å². The molecule has 0 aliphatic carbocycles. The predicted octanol–water partition coefficient (Wildman–Crippen LogP) is 0.411. The van der Waals surface area contributed by atoms with Crippen LogP contribution >= 0.6 is 0 Å². The first-order valence-corrected chi connectivity index (χ1v) is 3.66. The van der Waals surface area contributed by atoms with Gasteiger partial charge in [0.1, 0.15) is 5.82 Å². The number of primary amides is 1. The monoisotopic (exact) mass is 202 g/mol. The summed E-state index contributed by atoms with van der Waals surface area (Å²) in [5.41, 5.74) is 9.67. The van der Waals surface area contributed by atoms with Crippen molar-refractivity contribution in [1.82, 2.24) is 0 Å². The fourth-order valence-corrected chi connectivity index (χ4v) is 0.804. The van der Waals surface area contributed by atoms with Gasteiger partial charge in [0, 0.05) is 12.1 Å². The average Bonchev–Trinajstić information content (AvgIpc) is 2.09. The Labute approximate surface area is 78.4 Å². The Kier molecular flexibility index (Phi) is 2.85. The highest BCUT2D eigenvalue weighted by atomic mass is 19.1. The third-order valence-electron chi connectivity index (χ3n) is 1.42. The fourth-order valence-electron chi connectivity index (χ4n) is 0.804. The first kappa shape index (κ1) is 10.2. The molecule has 0 radical (unpaired) electrons. The van der Waals surface area contributed by atoms with Crippen molar-refractivity contribution in [2.75, 3.05) is 12.3 Å². The molecular weight excluding hydrogens is 194 g/mol. The number of ether oxygens (including phenoxy) is 1. The smallest absolute Gasteiger partial charge is 0.255 e. The van der Waals surface area contributed by atoms with Crippen molar-refractivity contribution in [3.63, 3.8) is 0 Å². The Morgan fingerprint density at radius 3 is 2.57 bits per heavy atom. The number of carbonyl (C=O) groups excluding carboxylic acids is 1. The zero-order valence-corrected chi connectivity index (χ0v) is 7.09. The summed E-state index contributed by atoms with van der Waals surface area (Å²) >= 11 is 0. The van der Waals surface area contributed by atoms with Gasteiger partial charge in [-0.3, -0.25) is 4.79 Å². The molecule has 0 heterocycles. The van der Waals surface area contributed by atoms with E-state index in [0.29, 0.717) is 6.07 Å². The minimum atomic E-state index is -0.932. The Balaban J connectivity index is 2.87. The second kappa shape index (κ2) is 3.91. The van der Waals surface area contributed by atoms with E-state index in [-0.39, 0.29) is 11.4 Å². The molecule has 76 valence electrons. The normalized spacial score (nSPS) is 9.86. The highest BCUT2D eigenvalue weighted by Crippen LogP contribution is 2.22. The largest absolute Gasteiger partial charge is 0.481 e. The molecule has 0 unspecified atom stereocenters. The van der Waals surface area contributed by atoms with Gasteiger partial charge in [-0.05, 0) is 0 Å². The number of halogens is 2. The van der Waals surface area contributed by atoms with Crippen LogP contribution in [-0.4, -0.2) is 12.5 Å². The minimum absolute atomic E-state index is 0.258. The topological polar surface area (TPSA) is 78.3 Å². The maximum absolute atomic E-state index is 12.9. The van der Waals surface area contributed by atoms with Gasteiger partial charge in [0.15, 0.2) is 18.2 Å². The third-order valence-corrected chi connectivity index (χ3v) is 1.42. The van der Waals surface area contributed by atoms with Crippen molar-refractivity contribution in [3.05, 3.63) is 23.8 Å². The zero-order chi connectivity index (χ0) is 10.7. The van der Waals surface area contributed by atoms with E-state index in [1.807, 2.05) is 0 Å². The predicted molar refractivity (Wildman–Crippen MR) is 45.5 cm³/mol. The molecule has 0 fully saturated rings. The van der Waals surface area contributed by atoms with Crippen molar-refractivity contribution in [1.29, 1.82) is 0 Å². The lowest BCUT2D eigenvalue weighted by molar-refractivity contribution is -0.120. The number of anilines is 1. The molecule has 6 heteroatoms. The number of nitrogen functional groups attached to an aromatic ring is 1. The second-order valence-corrected chi connectivity index (χ2v) is 2.56. The van der Waals surface area contributed by atoms with Crippen LogP contribution in [0.5, 0.6) is 5.75 Å². The van der Waals surface area contributed by atoms with E-state index in [1.165, 1.54) is 0 Å². The lowest BCUT2D eigenvalue weighted by Gasteiger charge is -2.06. The molecule has 0 atom stereocenters. The molecule has 0 aliphatic rings. The van der Waals surface area contributed by atoms with Crippen LogP contribution in [0.4, 0.5) is 14.5 Å². The Morgan fingerprint density at radius 1 is 1.36 bits per heavy atom. The SMILES string of the molecule is NC(=O)COc1cc(N)c(F)cc1F. The number of carbonyl (C=O) groups is 1. The van der Waals surface area contributed by atoms with Gasteiger partial charge >= 0.3 is 0 Å². The van der Waals surface area contributed by atoms with Gasteiger partial charge in [0.25, 0.3) is 5.91 Å². The molecule has 14 heavy (non-hydrogen) atoms. The molecule has 1 rings (SSSR count). The van der Waals surface area contributed by atoms with Gasteiger partial charge < -0.3 is 16.2 Å². The van der Waals surface area contributed by atoms with Gasteiger partial charge in [-0.15, -0.1) is 0 Å². The van der Waals surface area contributed by atoms with Crippen molar-refractivity contribution in [2.45, 2.75) is 0 Å². The molecule has 4 N–H and O–H groups in total. The number of hydrogen-bond donors (Lipinski definition) is 2. The molecule has 0 bridgehead atoms. The van der Waals surface area contributed by atoms with Crippen LogP contribution in [-0.2, 0) is 4.79 Å². The number of rotatable bonds is 3. The van der Waals surface area contributed by atoms with Gasteiger partial charge in [-0.1, -0.05) is 0 Å². The van der Waals surface area contributed by atoms with Crippen molar-refractivity contribution >= 4 is 11.6 Å². The molecule has 0 aromatic heterocycles. The maximum Gasteiger partial charge on any atom is 0.255 e. The van der Waals surface area contributed by atoms with Gasteiger partial charge in [0.2, 0.25) is 0 Å². The second-order valence-electron chi connectivity index (χ2n) is 2.56. The van der Waals surface area contributed by atoms with Crippen LogP contribution < -0.4 is 16.2 Å². The third kappa shape index (κ3) is 2.32. The fraction of sp³-hybridized carbons (Fsp3) is 0.125. The Morgan fingerprint density at radius 2 is 2.00 bits per heavy atom. The lowest BCUT2D eigenvalue weighted by Crippen LogP contribution is -2.20. The van der Waals surface area contributed by atoms with Crippen LogP contribution in [0.2, 0.25) is 0 Å². The summed E-state index contributed by atoms with van der Waals surface area (Å²) in [6.07, 6.45) is 0. The Hall–Kier alpha value is -1.85. The molecule has 4 nitrogen and oxygen atoms in total. The molecule has 0 saturated carbocycles. The van der Waals surface area contributed by atoms with Crippen LogP contribution in [0, 0.1) is 11.6 Å². The highest BCUT2D eigenvalue weighted by molar-refractivity contribution is 5.75. The maximum atomic E-state index is 12.9. The van der Waals surface area contributed by atoms with E-state index in [9.17, 15) is 13.6 Å². The van der Waals surface area contributed by atoms with E-state index in [0.717, 1.165) is 6.07 Å². The number of amides is 1. The van der Waals surface area contributed by atoms with E-state index < -0.39 is 24.1 Å². The van der Waals surface area contributed by atoms with Gasteiger partial charge in [0.05, 0.1) is 5.69 Å². The lowest BCUT2D eigenvalue weighted by atomic mass is 10.3. The van der Waals surface area contributed by atoms with Crippen molar-refractivity contribution in [3.8, 4) is 5.75 Å². The summed E-state index contributed by atoms with van der Waals surface area (Å²) in [6, 6.07) is 1.53.